The number of nitrogens with zero attached hydrogens (tertiary/aromatic N) is 1. The predicted octanol–water partition coefficient (Wildman–Crippen LogP) is 3.28. The van der Waals surface area contributed by atoms with Crippen molar-refractivity contribution in [1.82, 2.24) is 5.32 Å². The Morgan fingerprint density at radius 1 is 1.32 bits per heavy atom. The van der Waals surface area contributed by atoms with Crippen LogP contribution in [0, 0.1) is 17.2 Å². The molecular formula is C15H19N3O. The van der Waals surface area contributed by atoms with Gasteiger partial charge in [-0.1, -0.05) is 25.1 Å². The third kappa shape index (κ3) is 3.47. The van der Waals surface area contributed by atoms with E-state index < -0.39 is 5.54 Å². The van der Waals surface area contributed by atoms with Crippen molar-refractivity contribution >= 4 is 11.7 Å². The highest BCUT2D eigenvalue weighted by atomic mass is 16.2. The molecule has 19 heavy (non-hydrogen) atoms. The van der Waals surface area contributed by atoms with E-state index >= 15 is 0 Å². The Morgan fingerprint density at radius 3 is 2.53 bits per heavy atom. The van der Waals surface area contributed by atoms with Crippen LogP contribution in [0.2, 0.25) is 0 Å². The van der Waals surface area contributed by atoms with Gasteiger partial charge in [0.2, 0.25) is 0 Å². The molecule has 0 aliphatic heterocycles. The average molecular weight is 257 g/mol. The molecule has 0 bridgehead atoms. The largest absolute Gasteiger partial charge is 0.320 e. The van der Waals surface area contributed by atoms with Crippen molar-refractivity contribution in [3.63, 3.8) is 0 Å². The van der Waals surface area contributed by atoms with Crippen LogP contribution in [0.3, 0.4) is 0 Å². The quantitative estimate of drug-likeness (QED) is 0.853. The summed E-state index contributed by atoms with van der Waals surface area (Å²) in [7, 11) is 0. The zero-order valence-corrected chi connectivity index (χ0v) is 11.1. The van der Waals surface area contributed by atoms with E-state index in [0.717, 1.165) is 31.4 Å². The summed E-state index contributed by atoms with van der Waals surface area (Å²) < 4.78 is 0. The van der Waals surface area contributed by atoms with Crippen LogP contribution in [0.15, 0.2) is 30.3 Å². The molecule has 1 aromatic rings. The molecule has 1 fully saturated rings. The van der Waals surface area contributed by atoms with Crippen molar-refractivity contribution in [3.8, 4) is 6.07 Å². The SMILES string of the molecule is CC1CCC(C#N)(NC(=O)Nc2ccccc2)CC1. The minimum Gasteiger partial charge on any atom is -0.319 e. The van der Waals surface area contributed by atoms with Crippen LogP contribution in [0.25, 0.3) is 0 Å². The van der Waals surface area contributed by atoms with Gasteiger partial charge in [-0.2, -0.15) is 5.26 Å². The smallest absolute Gasteiger partial charge is 0.319 e. The zero-order chi connectivity index (χ0) is 13.7. The third-order valence-electron chi connectivity index (χ3n) is 3.73. The molecule has 1 saturated carbocycles. The summed E-state index contributed by atoms with van der Waals surface area (Å²) in [6, 6.07) is 11.2. The number of carbonyl (C=O) groups is 1. The summed E-state index contributed by atoms with van der Waals surface area (Å²) in [5.74, 6) is 0.639. The lowest BCUT2D eigenvalue weighted by Gasteiger charge is -2.34. The normalized spacial score (nSPS) is 26.2. The molecule has 4 heteroatoms. The summed E-state index contributed by atoms with van der Waals surface area (Å²) >= 11 is 0. The highest BCUT2D eigenvalue weighted by Crippen LogP contribution is 2.31. The monoisotopic (exact) mass is 257 g/mol. The van der Waals surface area contributed by atoms with Crippen LogP contribution in [-0.4, -0.2) is 11.6 Å². The van der Waals surface area contributed by atoms with Crippen LogP contribution in [-0.2, 0) is 0 Å². The second-order valence-electron chi connectivity index (χ2n) is 5.32. The minimum atomic E-state index is -0.703. The number of carbonyl (C=O) groups excluding carboxylic acids is 1. The molecule has 0 heterocycles. The van der Waals surface area contributed by atoms with Gasteiger partial charge >= 0.3 is 6.03 Å². The fraction of sp³-hybridized carbons (Fsp3) is 0.467. The van der Waals surface area contributed by atoms with E-state index in [0.29, 0.717) is 5.92 Å². The van der Waals surface area contributed by atoms with E-state index in [1.54, 1.807) is 0 Å². The number of hydrogen-bond donors (Lipinski definition) is 2. The molecule has 0 spiro atoms. The van der Waals surface area contributed by atoms with Crippen molar-refractivity contribution in [3.05, 3.63) is 30.3 Å². The van der Waals surface area contributed by atoms with Crippen molar-refractivity contribution in [2.24, 2.45) is 5.92 Å². The standard InChI is InChI=1S/C15H19N3O/c1-12-7-9-15(11-16,10-8-12)18-14(19)17-13-5-3-2-4-6-13/h2-6,12H,7-10H2,1H3,(H2,17,18,19). The lowest BCUT2D eigenvalue weighted by Crippen LogP contribution is -2.51. The van der Waals surface area contributed by atoms with Gasteiger partial charge in [0.15, 0.2) is 0 Å². The van der Waals surface area contributed by atoms with Gasteiger partial charge < -0.3 is 10.6 Å². The van der Waals surface area contributed by atoms with Gasteiger partial charge in [-0.3, -0.25) is 0 Å². The maximum Gasteiger partial charge on any atom is 0.320 e. The number of benzene rings is 1. The number of nitriles is 1. The summed E-state index contributed by atoms with van der Waals surface area (Å²) in [6.45, 7) is 2.19. The Labute approximate surface area is 113 Å². The molecule has 1 aliphatic carbocycles. The van der Waals surface area contributed by atoms with E-state index in [2.05, 4.69) is 23.6 Å². The number of amides is 2. The van der Waals surface area contributed by atoms with Gasteiger partial charge in [0, 0.05) is 5.69 Å². The first-order valence-electron chi connectivity index (χ1n) is 6.69. The molecule has 100 valence electrons. The van der Waals surface area contributed by atoms with Gasteiger partial charge in [-0.25, -0.2) is 4.79 Å². The maximum atomic E-state index is 12.0. The molecule has 0 atom stereocenters. The van der Waals surface area contributed by atoms with Gasteiger partial charge in [0.1, 0.15) is 5.54 Å². The fourth-order valence-electron chi connectivity index (χ4n) is 2.42. The van der Waals surface area contributed by atoms with Crippen molar-refractivity contribution in [2.75, 3.05) is 5.32 Å². The summed E-state index contributed by atoms with van der Waals surface area (Å²) in [4.78, 5) is 12.0. The van der Waals surface area contributed by atoms with Crippen molar-refractivity contribution < 1.29 is 4.79 Å². The van der Waals surface area contributed by atoms with Crippen LogP contribution in [0.5, 0.6) is 0 Å². The molecule has 0 radical (unpaired) electrons. The lowest BCUT2D eigenvalue weighted by atomic mass is 9.78. The Hall–Kier alpha value is -2.02. The minimum absolute atomic E-state index is 0.303. The van der Waals surface area contributed by atoms with Crippen molar-refractivity contribution in [2.45, 2.75) is 38.1 Å². The van der Waals surface area contributed by atoms with Gasteiger partial charge in [0.05, 0.1) is 6.07 Å². The highest BCUT2D eigenvalue weighted by molar-refractivity contribution is 5.90. The Kier molecular flexibility index (Phi) is 4.06. The van der Waals surface area contributed by atoms with Crippen LogP contribution >= 0.6 is 0 Å². The van der Waals surface area contributed by atoms with Gasteiger partial charge in [-0.05, 0) is 43.7 Å². The number of hydrogen-bond acceptors (Lipinski definition) is 2. The van der Waals surface area contributed by atoms with Crippen LogP contribution in [0.4, 0.5) is 10.5 Å². The van der Waals surface area contributed by atoms with Crippen LogP contribution in [0.1, 0.15) is 32.6 Å². The van der Waals surface area contributed by atoms with E-state index in [-0.39, 0.29) is 6.03 Å². The third-order valence-corrected chi connectivity index (χ3v) is 3.73. The molecule has 0 saturated heterocycles. The molecule has 2 rings (SSSR count). The molecule has 0 aromatic heterocycles. The van der Waals surface area contributed by atoms with Gasteiger partial charge in [0.25, 0.3) is 0 Å². The summed E-state index contributed by atoms with van der Waals surface area (Å²) in [5.41, 5.74) is 0.0306. The first kappa shape index (κ1) is 13.4. The van der Waals surface area contributed by atoms with E-state index in [1.165, 1.54) is 0 Å². The zero-order valence-electron chi connectivity index (χ0n) is 11.1. The number of anilines is 1. The number of para-hydroxylation sites is 1. The second kappa shape index (κ2) is 5.75. The molecule has 1 aliphatic rings. The number of rotatable bonds is 2. The van der Waals surface area contributed by atoms with Crippen LogP contribution < -0.4 is 10.6 Å². The Morgan fingerprint density at radius 2 is 1.95 bits per heavy atom. The second-order valence-corrected chi connectivity index (χ2v) is 5.32. The molecular weight excluding hydrogens is 238 g/mol. The average Bonchev–Trinajstić information content (AvgIpc) is 2.43. The first-order chi connectivity index (χ1) is 9.13. The molecule has 4 nitrogen and oxygen atoms in total. The number of urea groups is 1. The summed E-state index contributed by atoms with van der Waals surface area (Å²) in [5, 5.41) is 14.9. The molecule has 0 unspecified atom stereocenters. The molecule has 1 aromatic carbocycles. The highest BCUT2D eigenvalue weighted by Gasteiger charge is 2.35. The Balaban J connectivity index is 1.96. The molecule has 2 N–H and O–H groups in total. The lowest BCUT2D eigenvalue weighted by molar-refractivity contribution is 0.222. The predicted molar refractivity (Wildman–Crippen MR) is 74.6 cm³/mol. The summed E-state index contributed by atoms with van der Waals surface area (Å²) in [6.07, 6.45) is 3.43. The topological polar surface area (TPSA) is 64.9 Å². The number of nitrogens with one attached hydrogen (secondary N) is 2. The van der Waals surface area contributed by atoms with Crippen molar-refractivity contribution in [1.29, 1.82) is 5.26 Å². The van der Waals surface area contributed by atoms with E-state index in [9.17, 15) is 10.1 Å². The fourth-order valence-corrected chi connectivity index (χ4v) is 2.42. The molecule has 2 amide bonds. The maximum absolute atomic E-state index is 12.0. The first-order valence-corrected chi connectivity index (χ1v) is 6.69. The van der Waals surface area contributed by atoms with E-state index in [1.807, 2.05) is 30.3 Å². The Bertz CT molecular complexity index is 470. The van der Waals surface area contributed by atoms with E-state index in [4.69, 9.17) is 0 Å². The van der Waals surface area contributed by atoms with Gasteiger partial charge in [-0.15, -0.1) is 0 Å².